The van der Waals surface area contributed by atoms with Crippen molar-refractivity contribution in [2.75, 3.05) is 5.88 Å². The van der Waals surface area contributed by atoms with Crippen molar-refractivity contribution in [2.24, 2.45) is 5.92 Å². The van der Waals surface area contributed by atoms with E-state index in [1.54, 1.807) is 0 Å². The molecule has 0 radical (unpaired) electrons. The van der Waals surface area contributed by atoms with Crippen LogP contribution in [0.15, 0.2) is 18.2 Å². The first-order valence-corrected chi connectivity index (χ1v) is 6.37. The second kappa shape index (κ2) is 6.50. The van der Waals surface area contributed by atoms with Crippen molar-refractivity contribution >= 4 is 17.5 Å². The molecule has 3 N–H and O–H groups in total. The average molecular weight is 272 g/mol. The Bertz CT molecular complexity index is 400. The Hall–Kier alpha value is -1.42. The molecule has 0 saturated carbocycles. The molecule has 1 atom stereocenters. The zero-order chi connectivity index (χ0) is 13.7. The van der Waals surface area contributed by atoms with Crippen LogP contribution < -0.4 is 5.32 Å². The summed E-state index contributed by atoms with van der Waals surface area (Å²) in [5.74, 6) is -0.321. The Morgan fingerprint density at radius 3 is 2.33 bits per heavy atom. The van der Waals surface area contributed by atoms with E-state index in [-0.39, 0.29) is 29.0 Å². The number of amides is 1. The first-order chi connectivity index (χ1) is 8.45. The minimum Gasteiger partial charge on any atom is -0.507 e. The Morgan fingerprint density at radius 2 is 1.89 bits per heavy atom. The molecule has 1 aromatic rings. The lowest BCUT2D eigenvalue weighted by Gasteiger charge is -2.18. The van der Waals surface area contributed by atoms with E-state index in [4.69, 9.17) is 11.6 Å². The number of phenols is 2. The number of nitrogens with one attached hydrogen (secondary N) is 1. The van der Waals surface area contributed by atoms with Crippen LogP contribution in [0, 0.1) is 5.92 Å². The molecule has 0 aromatic heterocycles. The standard InChI is InChI=1S/C13H18ClNO3/c1-8(2)6-9(7-14)15-13(18)12-10(16)4-3-5-11(12)17/h3-5,8-9,16-17H,6-7H2,1-2H3,(H,15,18). The molecule has 0 heterocycles. The zero-order valence-electron chi connectivity index (χ0n) is 10.5. The molecule has 18 heavy (non-hydrogen) atoms. The number of hydrogen-bond acceptors (Lipinski definition) is 3. The van der Waals surface area contributed by atoms with Gasteiger partial charge in [-0.2, -0.15) is 0 Å². The van der Waals surface area contributed by atoms with E-state index in [0.29, 0.717) is 5.92 Å². The summed E-state index contributed by atoms with van der Waals surface area (Å²) in [6.07, 6.45) is 0.740. The number of aromatic hydroxyl groups is 2. The fourth-order valence-electron chi connectivity index (χ4n) is 1.75. The third-order valence-corrected chi connectivity index (χ3v) is 2.90. The van der Waals surface area contributed by atoms with E-state index >= 15 is 0 Å². The summed E-state index contributed by atoms with van der Waals surface area (Å²) >= 11 is 5.78. The Morgan fingerprint density at radius 1 is 1.33 bits per heavy atom. The van der Waals surface area contributed by atoms with Crippen LogP contribution >= 0.6 is 11.6 Å². The fraction of sp³-hybridized carbons (Fsp3) is 0.462. The SMILES string of the molecule is CC(C)CC(CCl)NC(=O)c1c(O)cccc1O. The number of carbonyl (C=O) groups is 1. The Labute approximate surface area is 112 Å². The van der Waals surface area contributed by atoms with Crippen LogP contribution in [0.4, 0.5) is 0 Å². The topological polar surface area (TPSA) is 69.6 Å². The quantitative estimate of drug-likeness (QED) is 0.721. The number of benzene rings is 1. The number of phenolic OH excluding ortho intramolecular Hbond substituents is 2. The van der Waals surface area contributed by atoms with Crippen molar-refractivity contribution in [1.29, 1.82) is 0 Å². The molecule has 0 aliphatic heterocycles. The van der Waals surface area contributed by atoms with Crippen molar-refractivity contribution in [2.45, 2.75) is 26.3 Å². The third kappa shape index (κ3) is 3.81. The summed E-state index contributed by atoms with van der Waals surface area (Å²) in [5.41, 5.74) is -0.114. The van der Waals surface area contributed by atoms with Crippen LogP contribution in [0.2, 0.25) is 0 Å². The maximum absolute atomic E-state index is 11.9. The first-order valence-electron chi connectivity index (χ1n) is 5.83. The summed E-state index contributed by atoms with van der Waals surface area (Å²) in [4.78, 5) is 11.9. The molecule has 1 amide bonds. The minimum atomic E-state index is -0.517. The van der Waals surface area contributed by atoms with Crippen LogP contribution in [0.3, 0.4) is 0 Å². The average Bonchev–Trinajstić information content (AvgIpc) is 2.27. The van der Waals surface area contributed by atoms with Gasteiger partial charge in [0.25, 0.3) is 5.91 Å². The number of alkyl halides is 1. The van der Waals surface area contributed by atoms with Gasteiger partial charge in [0.1, 0.15) is 17.1 Å². The molecule has 100 valence electrons. The van der Waals surface area contributed by atoms with Crippen LogP contribution in [0.25, 0.3) is 0 Å². The second-order valence-corrected chi connectivity index (χ2v) is 4.93. The molecule has 1 aromatic carbocycles. The highest BCUT2D eigenvalue weighted by atomic mass is 35.5. The van der Waals surface area contributed by atoms with E-state index < -0.39 is 5.91 Å². The van der Waals surface area contributed by atoms with Crippen molar-refractivity contribution in [3.05, 3.63) is 23.8 Å². The predicted octanol–water partition coefficient (Wildman–Crippen LogP) is 2.48. The Balaban J connectivity index is 2.81. The maximum Gasteiger partial charge on any atom is 0.259 e. The highest BCUT2D eigenvalue weighted by Gasteiger charge is 2.19. The first kappa shape index (κ1) is 14.6. The molecule has 4 nitrogen and oxygen atoms in total. The van der Waals surface area contributed by atoms with Gasteiger partial charge < -0.3 is 15.5 Å². The number of carbonyl (C=O) groups excluding carboxylic acids is 1. The van der Waals surface area contributed by atoms with E-state index in [2.05, 4.69) is 5.32 Å². The minimum absolute atomic E-state index is 0.114. The number of rotatable bonds is 5. The van der Waals surface area contributed by atoms with Gasteiger partial charge >= 0.3 is 0 Å². The van der Waals surface area contributed by atoms with Crippen LogP contribution in [-0.2, 0) is 0 Å². The van der Waals surface area contributed by atoms with Crippen LogP contribution in [-0.4, -0.2) is 28.0 Å². The van der Waals surface area contributed by atoms with Crippen molar-refractivity contribution in [3.8, 4) is 11.5 Å². The smallest absolute Gasteiger partial charge is 0.259 e. The van der Waals surface area contributed by atoms with Gasteiger partial charge in [-0.05, 0) is 24.5 Å². The molecular formula is C13H18ClNO3. The molecular weight excluding hydrogens is 254 g/mol. The molecule has 0 saturated heterocycles. The van der Waals surface area contributed by atoms with E-state index in [1.165, 1.54) is 18.2 Å². The largest absolute Gasteiger partial charge is 0.507 e. The number of hydrogen-bond donors (Lipinski definition) is 3. The molecule has 0 aliphatic carbocycles. The monoisotopic (exact) mass is 271 g/mol. The summed E-state index contributed by atoms with van der Waals surface area (Å²) in [6.45, 7) is 4.06. The van der Waals surface area contributed by atoms with Crippen molar-refractivity contribution in [3.63, 3.8) is 0 Å². The van der Waals surface area contributed by atoms with Gasteiger partial charge in [0.05, 0.1) is 0 Å². The Kier molecular flexibility index (Phi) is 5.28. The molecule has 5 heteroatoms. The van der Waals surface area contributed by atoms with E-state index in [9.17, 15) is 15.0 Å². The second-order valence-electron chi connectivity index (χ2n) is 4.63. The summed E-state index contributed by atoms with van der Waals surface area (Å²) in [6, 6.07) is 3.99. The van der Waals surface area contributed by atoms with Gasteiger partial charge in [0.2, 0.25) is 0 Å². The molecule has 0 bridgehead atoms. The van der Waals surface area contributed by atoms with Crippen LogP contribution in [0.5, 0.6) is 11.5 Å². The van der Waals surface area contributed by atoms with Gasteiger partial charge in [-0.1, -0.05) is 19.9 Å². The summed E-state index contributed by atoms with van der Waals surface area (Å²) in [7, 11) is 0. The van der Waals surface area contributed by atoms with Gasteiger partial charge in [-0.25, -0.2) is 0 Å². The van der Waals surface area contributed by atoms with Crippen molar-refractivity contribution in [1.82, 2.24) is 5.32 Å². The highest BCUT2D eigenvalue weighted by Crippen LogP contribution is 2.26. The molecule has 0 spiro atoms. The lowest BCUT2D eigenvalue weighted by molar-refractivity contribution is 0.0931. The van der Waals surface area contributed by atoms with Gasteiger partial charge in [-0.15, -0.1) is 11.6 Å². The molecule has 0 aliphatic rings. The fourth-order valence-corrected chi connectivity index (χ4v) is 1.95. The van der Waals surface area contributed by atoms with E-state index in [1.807, 2.05) is 13.8 Å². The molecule has 0 fully saturated rings. The van der Waals surface area contributed by atoms with Crippen molar-refractivity contribution < 1.29 is 15.0 Å². The summed E-state index contributed by atoms with van der Waals surface area (Å²) < 4.78 is 0. The normalized spacial score (nSPS) is 12.4. The van der Waals surface area contributed by atoms with Gasteiger partial charge in [0, 0.05) is 11.9 Å². The summed E-state index contributed by atoms with van der Waals surface area (Å²) in [5, 5.41) is 21.9. The van der Waals surface area contributed by atoms with Gasteiger partial charge in [-0.3, -0.25) is 4.79 Å². The van der Waals surface area contributed by atoms with E-state index in [0.717, 1.165) is 6.42 Å². The van der Waals surface area contributed by atoms with Gasteiger partial charge in [0.15, 0.2) is 0 Å². The third-order valence-electron chi connectivity index (χ3n) is 2.52. The molecule has 1 unspecified atom stereocenters. The highest BCUT2D eigenvalue weighted by molar-refractivity contribution is 6.18. The number of halogens is 1. The predicted molar refractivity (Wildman–Crippen MR) is 71.2 cm³/mol. The lowest BCUT2D eigenvalue weighted by Crippen LogP contribution is -2.37. The maximum atomic E-state index is 11.9. The van der Waals surface area contributed by atoms with Crippen LogP contribution in [0.1, 0.15) is 30.6 Å². The lowest BCUT2D eigenvalue weighted by atomic mass is 10.0. The zero-order valence-corrected chi connectivity index (χ0v) is 11.2. The molecule has 1 rings (SSSR count).